The van der Waals surface area contributed by atoms with Gasteiger partial charge in [-0.05, 0) is 62.0 Å². The number of halogens is 1. The molecule has 0 amide bonds. The maximum absolute atomic E-state index is 3.69. The molecule has 1 aromatic rings. The predicted octanol–water partition coefficient (Wildman–Crippen LogP) is 2.80. The number of piperidine rings is 1. The summed E-state index contributed by atoms with van der Waals surface area (Å²) in [6, 6.07) is 6.70. The molecule has 3 heteroatoms. The lowest BCUT2D eigenvalue weighted by molar-refractivity contribution is 0.142. The Morgan fingerprint density at radius 1 is 1.33 bits per heavy atom. The molecule has 98 valence electrons. The first-order valence-electron chi connectivity index (χ1n) is 6.90. The van der Waals surface area contributed by atoms with Crippen molar-refractivity contribution in [1.29, 1.82) is 0 Å². The number of hydrogen-bond donors (Lipinski definition) is 1. The SMILES string of the molecule is Cc1ccc(CN2CCC3CNCC3C2)c(Br)c1. The van der Waals surface area contributed by atoms with Gasteiger partial charge in [0.05, 0.1) is 0 Å². The molecule has 2 aliphatic heterocycles. The Morgan fingerprint density at radius 3 is 3.00 bits per heavy atom. The molecule has 0 radical (unpaired) electrons. The zero-order valence-corrected chi connectivity index (χ0v) is 12.5. The summed E-state index contributed by atoms with van der Waals surface area (Å²) in [6.07, 6.45) is 1.36. The summed E-state index contributed by atoms with van der Waals surface area (Å²) >= 11 is 3.69. The first-order valence-corrected chi connectivity index (χ1v) is 7.70. The summed E-state index contributed by atoms with van der Waals surface area (Å²) in [5.41, 5.74) is 2.74. The standard InChI is InChI=1S/C15H21BrN2/c1-11-2-3-13(15(16)6-11)9-18-5-4-12-7-17-8-14(12)10-18/h2-3,6,12,14,17H,4-5,7-10H2,1H3. The van der Waals surface area contributed by atoms with Gasteiger partial charge in [-0.1, -0.05) is 28.1 Å². The van der Waals surface area contributed by atoms with E-state index >= 15 is 0 Å². The highest BCUT2D eigenvalue weighted by atomic mass is 79.9. The first kappa shape index (κ1) is 12.6. The van der Waals surface area contributed by atoms with Crippen LogP contribution in [-0.2, 0) is 6.54 Å². The Labute approximate surface area is 118 Å². The van der Waals surface area contributed by atoms with Gasteiger partial charge in [-0.2, -0.15) is 0 Å². The molecule has 2 unspecified atom stereocenters. The zero-order chi connectivity index (χ0) is 12.5. The molecule has 0 aliphatic carbocycles. The number of rotatable bonds is 2. The van der Waals surface area contributed by atoms with Crippen molar-refractivity contribution < 1.29 is 0 Å². The Hall–Kier alpha value is -0.380. The van der Waals surface area contributed by atoms with E-state index in [1.807, 2.05) is 0 Å². The molecule has 0 saturated carbocycles. The molecule has 2 fully saturated rings. The van der Waals surface area contributed by atoms with Gasteiger partial charge in [-0.15, -0.1) is 0 Å². The van der Waals surface area contributed by atoms with Crippen molar-refractivity contribution >= 4 is 15.9 Å². The van der Waals surface area contributed by atoms with Crippen LogP contribution in [0.1, 0.15) is 17.5 Å². The van der Waals surface area contributed by atoms with Crippen LogP contribution in [0.3, 0.4) is 0 Å². The lowest BCUT2D eigenvalue weighted by Crippen LogP contribution is -2.39. The second kappa shape index (κ2) is 5.32. The topological polar surface area (TPSA) is 15.3 Å². The molecule has 2 saturated heterocycles. The Balaban J connectivity index is 1.66. The molecule has 0 spiro atoms. The van der Waals surface area contributed by atoms with Crippen molar-refractivity contribution in [2.24, 2.45) is 11.8 Å². The number of benzene rings is 1. The Bertz CT molecular complexity index is 433. The molecule has 18 heavy (non-hydrogen) atoms. The molecule has 1 aromatic carbocycles. The monoisotopic (exact) mass is 308 g/mol. The van der Waals surface area contributed by atoms with Crippen molar-refractivity contribution in [3.63, 3.8) is 0 Å². The molecule has 0 aromatic heterocycles. The smallest absolute Gasteiger partial charge is 0.0245 e. The average Bonchev–Trinajstić information content (AvgIpc) is 2.80. The van der Waals surface area contributed by atoms with Crippen LogP contribution >= 0.6 is 15.9 Å². The average molecular weight is 309 g/mol. The minimum Gasteiger partial charge on any atom is -0.316 e. The summed E-state index contributed by atoms with van der Waals surface area (Å²) in [4.78, 5) is 2.61. The van der Waals surface area contributed by atoms with E-state index in [0.29, 0.717) is 0 Å². The molecule has 3 rings (SSSR count). The van der Waals surface area contributed by atoms with Gasteiger partial charge in [0.15, 0.2) is 0 Å². The minimum atomic E-state index is 0.878. The van der Waals surface area contributed by atoms with Gasteiger partial charge in [-0.25, -0.2) is 0 Å². The van der Waals surface area contributed by atoms with Crippen LogP contribution in [0.25, 0.3) is 0 Å². The number of aryl methyl sites for hydroxylation is 1. The first-order chi connectivity index (χ1) is 8.72. The highest BCUT2D eigenvalue weighted by molar-refractivity contribution is 9.10. The minimum absolute atomic E-state index is 0.878. The highest BCUT2D eigenvalue weighted by Gasteiger charge is 2.32. The fourth-order valence-electron chi connectivity index (χ4n) is 3.28. The van der Waals surface area contributed by atoms with Crippen LogP contribution in [0.2, 0.25) is 0 Å². The van der Waals surface area contributed by atoms with Gasteiger partial charge in [-0.3, -0.25) is 4.90 Å². The molecular formula is C15H21BrN2. The van der Waals surface area contributed by atoms with E-state index in [1.165, 1.54) is 48.2 Å². The van der Waals surface area contributed by atoms with Gasteiger partial charge in [0.25, 0.3) is 0 Å². The molecule has 2 heterocycles. The van der Waals surface area contributed by atoms with E-state index < -0.39 is 0 Å². The summed E-state index contributed by atoms with van der Waals surface area (Å²) < 4.78 is 1.26. The van der Waals surface area contributed by atoms with Crippen LogP contribution in [0.15, 0.2) is 22.7 Å². The Kier molecular flexibility index (Phi) is 3.73. The summed E-state index contributed by atoms with van der Waals surface area (Å²) in [5, 5.41) is 3.53. The van der Waals surface area contributed by atoms with Crippen molar-refractivity contribution in [3.8, 4) is 0 Å². The largest absolute Gasteiger partial charge is 0.316 e. The van der Waals surface area contributed by atoms with Crippen LogP contribution in [0.4, 0.5) is 0 Å². The fourth-order valence-corrected chi connectivity index (χ4v) is 3.89. The zero-order valence-electron chi connectivity index (χ0n) is 11.0. The van der Waals surface area contributed by atoms with Gasteiger partial charge in [0.2, 0.25) is 0 Å². The van der Waals surface area contributed by atoms with Crippen LogP contribution < -0.4 is 5.32 Å². The van der Waals surface area contributed by atoms with Crippen molar-refractivity contribution in [2.45, 2.75) is 19.9 Å². The number of likely N-dealkylation sites (tertiary alicyclic amines) is 1. The van der Waals surface area contributed by atoms with Crippen LogP contribution in [-0.4, -0.2) is 31.1 Å². The van der Waals surface area contributed by atoms with E-state index in [1.54, 1.807) is 0 Å². The van der Waals surface area contributed by atoms with Crippen molar-refractivity contribution in [1.82, 2.24) is 10.2 Å². The van der Waals surface area contributed by atoms with Gasteiger partial charge < -0.3 is 5.32 Å². The normalized spacial score (nSPS) is 28.3. The number of nitrogens with one attached hydrogen (secondary N) is 1. The van der Waals surface area contributed by atoms with E-state index in [-0.39, 0.29) is 0 Å². The maximum atomic E-state index is 3.69. The summed E-state index contributed by atoms with van der Waals surface area (Å²) in [5.74, 6) is 1.81. The highest BCUT2D eigenvalue weighted by Crippen LogP contribution is 2.28. The van der Waals surface area contributed by atoms with E-state index in [0.717, 1.165) is 18.4 Å². The lowest BCUT2D eigenvalue weighted by Gasteiger charge is -2.34. The van der Waals surface area contributed by atoms with Gasteiger partial charge in [0.1, 0.15) is 0 Å². The second-order valence-electron chi connectivity index (χ2n) is 5.80. The van der Waals surface area contributed by atoms with Gasteiger partial charge in [0, 0.05) is 17.6 Å². The number of nitrogens with zero attached hydrogens (tertiary/aromatic N) is 1. The summed E-state index contributed by atoms with van der Waals surface area (Å²) in [6.45, 7) is 8.21. The van der Waals surface area contributed by atoms with Crippen LogP contribution in [0, 0.1) is 18.8 Å². The molecule has 1 N–H and O–H groups in total. The molecule has 0 bridgehead atoms. The number of hydrogen-bond acceptors (Lipinski definition) is 2. The van der Waals surface area contributed by atoms with Crippen LogP contribution in [0.5, 0.6) is 0 Å². The third-order valence-electron chi connectivity index (χ3n) is 4.39. The van der Waals surface area contributed by atoms with Gasteiger partial charge >= 0.3 is 0 Å². The van der Waals surface area contributed by atoms with E-state index in [9.17, 15) is 0 Å². The Morgan fingerprint density at radius 2 is 2.17 bits per heavy atom. The fraction of sp³-hybridized carbons (Fsp3) is 0.600. The molecule has 2 nitrogen and oxygen atoms in total. The lowest BCUT2D eigenvalue weighted by atomic mass is 9.88. The maximum Gasteiger partial charge on any atom is 0.0245 e. The van der Waals surface area contributed by atoms with Crippen molar-refractivity contribution in [2.75, 3.05) is 26.2 Å². The van der Waals surface area contributed by atoms with E-state index in [2.05, 4.69) is 51.3 Å². The third-order valence-corrected chi connectivity index (χ3v) is 5.13. The number of fused-ring (bicyclic) bond motifs is 1. The molecular weight excluding hydrogens is 288 g/mol. The van der Waals surface area contributed by atoms with E-state index in [4.69, 9.17) is 0 Å². The van der Waals surface area contributed by atoms with Crippen molar-refractivity contribution in [3.05, 3.63) is 33.8 Å². The second-order valence-corrected chi connectivity index (χ2v) is 6.65. The molecule has 2 aliphatic rings. The molecule has 2 atom stereocenters. The third kappa shape index (κ3) is 2.63. The quantitative estimate of drug-likeness (QED) is 0.904. The summed E-state index contributed by atoms with van der Waals surface area (Å²) in [7, 11) is 0. The predicted molar refractivity (Wildman–Crippen MR) is 78.6 cm³/mol.